The largest absolute Gasteiger partial charge is 0.489 e. The number of fused-ring (bicyclic) bond motifs is 2. The molecule has 1 heterocycles. The lowest BCUT2D eigenvalue weighted by molar-refractivity contribution is 0.0977. The Bertz CT molecular complexity index is 1870. The molecule has 6 nitrogen and oxygen atoms in total. The van der Waals surface area contributed by atoms with Gasteiger partial charge in [-0.05, 0) is 77.1 Å². The van der Waals surface area contributed by atoms with Crippen LogP contribution in [0.2, 0.25) is 0 Å². The molecule has 0 spiro atoms. The van der Waals surface area contributed by atoms with Gasteiger partial charge >= 0.3 is 0 Å². The van der Waals surface area contributed by atoms with Crippen LogP contribution in [0.25, 0.3) is 33.3 Å². The Labute approximate surface area is 244 Å². The molecule has 6 aromatic rings. The van der Waals surface area contributed by atoms with Crippen molar-refractivity contribution in [1.29, 1.82) is 0 Å². The zero-order chi connectivity index (χ0) is 27.5. The van der Waals surface area contributed by atoms with Crippen LogP contribution in [-0.4, -0.2) is 16.0 Å². The average Bonchev–Trinajstić information content (AvgIpc) is 3.40. The first-order valence-corrected chi connectivity index (χ1v) is 13.7. The fourth-order valence-electron chi connectivity index (χ4n) is 4.38. The maximum absolute atomic E-state index is 12.9. The summed E-state index contributed by atoms with van der Waals surface area (Å²) in [6, 6.07) is 34.4. The summed E-state index contributed by atoms with van der Waals surface area (Å²) >= 11 is 9.02. The van der Waals surface area contributed by atoms with E-state index in [-0.39, 0.29) is 11.0 Å². The number of aromatic nitrogens is 1. The minimum Gasteiger partial charge on any atom is -0.489 e. The number of ether oxygens (including phenoxy) is 1. The summed E-state index contributed by atoms with van der Waals surface area (Å²) in [5, 5.41) is 8.08. The number of hydrogen-bond donors (Lipinski definition) is 2. The average molecular weight is 609 g/mol. The number of thiocarbonyl (C=S) groups is 1. The van der Waals surface area contributed by atoms with Crippen molar-refractivity contribution in [2.45, 2.75) is 6.61 Å². The third-order valence-electron chi connectivity index (χ3n) is 6.32. The normalized spacial score (nSPS) is 10.9. The van der Waals surface area contributed by atoms with Crippen LogP contribution in [0, 0.1) is 0 Å². The standard InChI is InChI=1S/C32H22BrN3O3S/c33-27-14-6-11-24-25(27)12-5-13-26(24)31-35-28-18-22(15-16-29(28)39-31)34-32(40)36-30(37)21-9-4-10-23(17-21)38-19-20-7-2-1-3-8-20/h1-18H,19H2,(H2,34,36,37,40). The number of amides is 1. The molecule has 0 radical (unpaired) electrons. The Morgan fingerprint density at radius 3 is 2.55 bits per heavy atom. The van der Waals surface area contributed by atoms with Crippen LogP contribution < -0.4 is 15.4 Å². The van der Waals surface area contributed by atoms with Crippen LogP contribution in [0.5, 0.6) is 5.75 Å². The second kappa shape index (κ2) is 11.3. The number of nitrogens with one attached hydrogen (secondary N) is 2. The van der Waals surface area contributed by atoms with E-state index in [9.17, 15) is 4.79 Å². The SMILES string of the molecule is O=C(NC(=S)Nc1ccc2oc(-c3cccc4c(Br)cccc34)nc2c1)c1cccc(OCc2ccccc2)c1. The number of oxazole rings is 1. The van der Waals surface area contributed by atoms with Crippen LogP contribution in [0.15, 0.2) is 118 Å². The molecule has 1 amide bonds. The fourth-order valence-corrected chi connectivity index (χ4v) is 5.09. The van der Waals surface area contributed by atoms with E-state index in [0.29, 0.717) is 40.6 Å². The Hall–Kier alpha value is -4.53. The van der Waals surface area contributed by atoms with Crippen molar-refractivity contribution in [3.05, 3.63) is 125 Å². The molecule has 1 aromatic heterocycles. The van der Waals surface area contributed by atoms with E-state index in [1.54, 1.807) is 18.2 Å². The summed E-state index contributed by atoms with van der Waals surface area (Å²) in [5.74, 6) is 0.789. The van der Waals surface area contributed by atoms with E-state index in [1.807, 2.05) is 84.9 Å². The minimum absolute atomic E-state index is 0.169. The highest BCUT2D eigenvalue weighted by Gasteiger charge is 2.14. The van der Waals surface area contributed by atoms with Gasteiger partial charge in [0.15, 0.2) is 10.7 Å². The third-order valence-corrected chi connectivity index (χ3v) is 7.21. The van der Waals surface area contributed by atoms with E-state index < -0.39 is 0 Å². The molecular weight excluding hydrogens is 586 g/mol. The van der Waals surface area contributed by atoms with E-state index in [2.05, 4.69) is 32.6 Å². The van der Waals surface area contributed by atoms with Crippen LogP contribution in [0.1, 0.15) is 15.9 Å². The van der Waals surface area contributed by atoms with Gasteiger partial charge in [0.05, 0.1) is 0 Å². The van der Waals surface area contributed by atoms with Gasteiger partial charge < -0.3 is 14.5 Å². The molecule has 196 valence electrons. The maximum atomic E-state index is 12.9. The van der Waals surface area contributed by atoms with Crippen LogP contribution in [0.4, 0.5) is 5.69 Å². The first-order valence-electron chi connectivity index (χ1n) is 12.5. The van der Waals surface area contributed by atoms with Gasteiger partial charge in [-0.3, -0.25) is 10.1 Å². The molecule has 5 aromatic carbocycles. The molecule has 0 aliphatic heterocycles. The molecule has 0 unspecified atom stereocenters. The molecule has 8 heteroatoms. The first kappa shape index (κ1) is 25.7. The molecule has 0 atom stereocenters. The number of halogens is 1. The molecule has 0 fully saturated rings. The van der Waals surface area contributed by atoms with Gasteiger partial charge in [0.2, 0.25) is 5.89 Å². The number of carbonyl (C=O) groups excluding carboxylic acids is 1. The number of benzene rings is 5. The Morgan fingerprint density at radius 1 is 0.875 bits per heavy atom. The number of hydrogen-bond acceptors (Lipinski definition) is 5. The zero-order valence-corrected chi connectivity index (χ0v) is 23.5. The number of anilines is 1. The highest BCUT2D eigenvalue weighted by molar-refractivity contribution is 9.10. The van der Waals surface area contributed by atoms with E-state index >= 15 is 0 Å². The molecule has 0 saturated heterocycles. The van der Waals surface area contributed by atoms with Crippen molar-refractivity contribution in [1.82, 2.24) is 10.3 Å². The molecule has 2 N–H and O–H groups in total. The summed E-state index contributed by atoms with van der Waals surface area (Å²) < 4.78 is 12.9. The number of nitrogens with zero attached hydrogens (tertiary/aromatic N) is 1. The van der Waals surface area contributed by atoms with Crippen molar-refractivity contribution in [2.24, 2.45) is 0 Å². The van der Waals surface area contributed by atoms with Crippen molar-refractivity contribution >= 4 is 66.7 Å². The second-order valence-corrected chi connectivity index (χ2v) is 10.3. The molecule has 0 saturated carbocycles. The Balaban J connectivity index is 1.14. The quantitative estimate of drug-likeness (QED) is 0.186. The van der Waals surface area contributed by atoms with Gasteiger partial charge in [-0.1, -0.05) is 76.6 Å². The lowest BCUT2D eigenvalue weighted by Crippen LogP contribution is -2.34. The van der Waals surface area contributed by atoms with Crippen LogP contribution in [-0.2, 0) is 6.61 Å². The summed E-state index contributed by atoms with van der Waals surface area (Å²) in [4.78, 5) is 17.6. The number of carbonyl (C=O) groups is 1. The molecule has 0 bridgehead atoms. The summed E-state index contributed by atoms with van der Waals surface area (Å²) in [5.41, 5.74) is 4.39. The molecule has 0 aliphatic rings. The Kier molecular flexibility index (Phi) is 7.27. The fraction of sp³-hybridized carbons (Fsp3) is 0.0312. The van der Waals surface area contributed by atoms with Crippen LogP contribution in [0.3, 0.4) is 0 Å². The maximum Gasteiger partial charge on any atom is 0.257 e. The van der Waals surface area contributed by atoms with Gasteiger partial charge in [0.25, 0.3) is 5.91 Å². The smallest absolute Gasteiger partial charge is 0.257 e. The van der Waals surface area contributed by atoms with Gasteiger partial charge in [0, 0.05) is 21.3 Å². The molecular formula is C32H22BrN3O3S. The predicted octanol–water partition coefficient (Wildman–Crippen LogP) is 8.12. The van der Waals surface area contributed by atoms with Crippen LogP contribution >= 0.6 is 28.1 Å². The van der Waals surface area contributed by atoms with Crippen molar-refractivity contribution in [3.8, 4) is 17.2 Å². The van der Waals surface area contributed by atoms with Gasteiger partial charge in [-0.2, -0.15) is 0 Å². The Morgan fingerprint density at radius 2 is 1.68 bits per heavy atom. The van der Waals surface area contributed by atoms with Crippen molar-refractivity contribution < 1.29 is 13.9 Å². The second-order valence-electron chi connectivity index (χ2n) is 9.05. The number of rotatable bonds is 6. The zero-order valence-electron chi connectivity index (χ0n) is 21.1. The first-order chi connectivity index (χ1) is 19.5. The highest BCUT2D eigenvalue weighted by Crippen LogP contribution is 2.34. The molecule has 40 heavy (non-hydrogen) atoms. The lowest BCUT2D eigenvalue weighted by atomic mass is 10.0. The predicted molar refractivity (Wildman–Crippen MR) is 166 cm³/mol. The summed E-state index contributed by atoms with van der Waals surface area (Å²) in [7, 11) is 0. The lowest BCUT2D eigenvalue weighted by Gasteiger charge is -2.11. The van der Waals surface area contributed by atoms with Gasteiger partial charge in [-0.25, -0.2) is 4.98 Å². The van der Waals surface area contributed by atoms with Crippen molar-refractivity contribution in [2.75, 3.05) is 5.32 Å². The van der Waals surface area contributed by atoms with E-state index in [0.717, 1.165) is 26.4 Å². The minimum atomic E-state index is -0.338. The third kappa shape index (κ3) is 5.59. The van der Waals surface area contributed by atoms with Gasteiger partial charge in [0.1, 0.15) is 17.9 Å². The molecule has 6 rings (SSSR count). The molecule has 0 aliphatic carbocycles. The van der Waals surface area contributed by atoms with E-state index in [1.165, 1.54) is 0 Å². The topological polar surface area (TPSA) is 76.4 Å². The van der Waals surface area contributed by atoms with Gasteiger partial charge in [-0.15, -0.1) is 0 Å². The van der Waals surface area contributed by atoms with E-state index in [4.69, 9.17) is 26.4 Å². The highest BCUT2D eigenvalue weighted by atomic mass is 79.9. The summed E-state index contributed by atoms with van der Waals surface area (Å²) in [6.07, 6.45) is 0. The van der Waals surface area contributed by atoms with Crippen molar-refractivity contribution in [3.63, 3.8) is 0 Å². The summed E-state index contributed by atoms with van der Waals surface area (Å²) in [6.45, 7) is 0.413. The monoisotopic (exact) mass is 607 g/mol.